The molecule has 0 radical (unpaired) electrons. The second-order valence-corrected chi connectivity index (χ2v) is 7.90. The van der Waals surface area contributed by atoms with Gasteiger partial charge in [0.1, 0.15) is 29.2 Å². The molecule has 7 N–H and O–H groups in total. The molecule has 12 heteroatoms. The Bertz CT molecular complexity index is 978. The standard InChI is InChI=1S/C19H23BN4O7/c21-16(13-5-22-8-23-13)18(26)24-6-9(7-24)31-14-4-2-11(17(25)15(14)19(27)28)10-1-3-12(10)20(29)30/h2,4-5,8-10,12,16,25,29-30H,1,3,6-7,21H2,(H,22,23)(H,27,28)/t10-,12-,16+/m1/s1. The SMILES string of the molecule is N[C@H](C(=O)N1CC(Oc2ccc([C@H]3CC[C@H]3B(O)O)c(O)c2C(=O)O)C1)c1c[nH]cn1. The number of rotatable bonds is 7. The third-order valence-corrected chi connectivity index (χ3v) is 6.05. The van der Waals surface area contributed by atoms with E-state index >= 15 is 0 Å². The van der Waals surface area contributed by atoms with Crippen LogP contribution in [0.3, 0.4) is 0 Å². The van der Waals surface area contributed by atoms with Gasteiger partial charge in [-0.2, -0.15) is 0 Å². The topological polar surface area (TPSA) is 182 Å². The summed E-state index contributed by atoms with van der Waals surface area (Å²) in [7, 11) is -1.53. The lowest BCUT2D eigenvalue weighted by Gasteiger charge is -2.40. The lowest BCUT2D eigenvalue weighted by atomic mass is 9.53. The van der Waals surface area contributed by atoms with E-state index < -0.39 is 36.8 Å². The van der Waals surface area contributed by atoms with Crippen LogP contribution in [0, 0.1) is 0 Å². The van der Waals surface area contributed by atoms with Gasteiger partial charge >= 0.3 is 13.1 Å². The van der Waals surface area contributed by atoms with Gasteiger partial charge < -0.3 is 40.6 Å². The molecule has 2 aliphatic rings. The van der Waals surface area contributed by atoms with Crippen LogP contribution in [0.25, 0.3) is 0 Å². The molecule has 11 nitrogen and oxygen atoms in total. The maximum absolute atomic E-state index is 12.4. The molecule has 164 valence electrons. The van der Waals surface area contributed by atoms with Crippen molar-refractivity contribution in [3.8, 4) is 11.5 Å². The number of likely N-dealkylation sites (tertiary alicyclic amines) is 1. The number of H-pyrrole nitrogens is 1. The zero-order valence-electron chi connectivity index (χ0n) is 16.5. The quantitative estimate of drug-likeness (QED) is 0.325. The molecule has 4 rings (SSSR count). The Morgan fingerprint density at radius 1 is 1.29 bits per heavy atom. The average molecular weight is 430 g/mol. The molecule has 1 aliphatic carbocycles. The lowest BCUT2D eigenvalue weighted by Crippen LogP contribution is -2.58. The number of imidazole rings is 1. The molecule has 1 saturated carbocycles. The van der Waals surface area contributed by atoms with Gasteiger partial charge in [0.15, 0.2) is 0 Å². The molecule has 1 amide bonds. The number of hydrogen-bond acceptors (Lipinski definition) is 8. The maximum Gasteiger partial charge on any atom is 0.455 e. The summed E-state index contributed by atoms with van der Waals surface area (Å²) in [6, 6.07) is 2.10. The van der Waals surface area contributed by atoms with Gasteiger partial charge in [-0.1, -0.05) is 12.5 Å². The first-order chi connectivity index (χ1) is 14.8. The molecular formula is C19H23BN4O7. The number of benzene rings is 1. The third-order valence-electron chi connectivity index (χ3n) is 6.05. The van der Waals surface area contributed by atoms with Crippen molar-refractivity contribution in [2.45, 2.75) is 36.7 Å². The van der Waals surface area contributed by atoms with Crippen LogP contribution in [-0.2, 0) is 4.79 Å². The van der Waals surface area contributed by atoms with Gasteiger partial charge in [-0.3, -0.25) is 4.79 Å². The van der Waals surface area contributed by atoms with Gasteiger partial charge in [-0.15, -0.1) is 0 Å². The van der Waals surface area contributed by atoms with Gasteiger partial charge in [0, 0.05) is 12.0 Å². The Morgan fingerprint density at radius 2 is 2.03 bits per heavy atom. The molecular weight excluding hydrogens is 407 g/mol. The fraction of sp³-hybridized carbons (Fsp3) is 0.421. The number of aromatic nitrogens is 2. The van der Waals surface area contributed by atoms with E-state index in [-0.39, 0.29) is 36.2 Å². The minimum Gasteiger partial charge on any atom is -0.507 e. The number of nitrogens with two attached hydrogens (primary N) is 1. The number of aromatic carboxylic acids is 1. The first-order valence-electron chi connectivity index (χ1n) is 9.93. The van der Waals surface area contributed by atoms with Crippen LogP contribution in [0.5, 0.6) is 11.5 Å². The van der Waals surface area contributed by atoms with E-state index in [1.165, 1.54) is 17.3 Å². The molecule has 1 aromatic heterocycles. The first kappa shape index (κ1) is 21.2. The summed E-state index contributed by atoms with van der Waals surface area (Å²) in [6.07, 6.45) is 3.72. The number of aromatic hydroxyl groups is 1. The summed E-state index contributed by atoms with van der Waals surface area (Å²) in [6.45, 7) is 0.444. The predicted molar refractivity (Wildman–Crippen MR) is 107 cm³/mol. The van der Waals surface area contributed by atoms with Gasteiger partial charge in [0.2, 0.25) is 5.91 Å². The molecule has 0 spiro atoms. The van der Waals surface area contributed by atoms with E-state index in [4.69, 9.17) is 10.5 Å². The van der Waals surface area contributed by atoms with Crippen molar-refractivity contribution in [2.24, 2.45) is 5.73 Å². The van der Waals surface area contributed by atoms with Crippen molar-refractivity contribution < 1.29 is 34.6 Å². The molecule has 1 saturated heterocycles. The summed E-state index contributed by atoms with van der Waals surface area (Å²) in [4.78, 5) is 32.4. The number of aromatic amines is 1. The van der Waals surface area contributed by atoms with E-state index in [1.807, 2.05) is 0 Å². The van der Waals surface area contributed by atoms with Gasteiger partial charge in [0.25, 0.3) is 0 Å². The molecule has 0 bridgehead atoms. The largest absolute Gasteiger partial charge is 0.507 e. The Morgan fingerprint density at radius 3 is 2.58 bits per heavy atom. The highest BCUT2D eigenvalue weighted by Crippen LogP contribution is 2.51. The second-order valence-electron chi connectivity index (χ2n) is 7.90. The summed E-state index contributed by atoms with van der Waals surface area (Å²) >= 11 is 0. The summed E-state index contributed by atoms with van der Waals surface area (Å²) in [5.41, 5.74) is 6.30. The Kier molecular flexibility index (Phi) is 5.61. The number of amides is 1. The minimum atomic E-state index is -1.53. The Labute approximate surface area is 177 Å². The molecule has 3 atom stereocenters. The van der Waals surface area contributed by atoms with E-state index in [2.05, 4.69) is 9.97 Å². The fourth-order valence-corrected chi connectivity index (χ4v) is 4.10. The number of carbonyl (C=O) groups excluding carboxylic acids is 1. The summed E-state index contributed by atoms with van der Waals surface area (Å²) < 4.78 is 5.74. The van der Waals surface area contributed by atoms with Gasteiger partial charge in [0.05, 0.1) is 25.1 Å². The minimum absolute atomic E-state index is 0.0112. The van der Waals surface area contributed by atoms with E-state index in [9.17, 15) is 29.9 Å². The van der Waals surface area contributed by atoms with E-state index in [0.29, 0.717) is 24.1 Å². The zero-order chi connectivity index (χ0) is 22.3. The molecule has 1 aromatic carbocycles. The van der Waals surface area contributed by atoms with Crippen molar-refractivity contribution in [3.05, 3.63) is 41.5 Å². The van der Waals surface area contributed by atoms with Crippen molar-refractivity contribution in [2.75, 3.05) is 13.1 Å². The molecule has 0 unspecified atom stereocenters. The van der Waals surface area contributed by atoms with Crippen LogP contribution in [0.2, 0.25) is 5.82 Å². The van der Waals surface area contributed by atoms with Crippen LogP contribution in [-0.4, -0.2) is 73.3 Å². The van der Waals surface area contributed by atoms with Crippen LogP contribution in [0.4, 0.5) is 0 Å². The maximum atomic E-state index is 12.4. The number of nitrogens with zero attached hydrogens (tertiary/aromatic N) is 2. The lowest BCUT2D eigenvalue weighted by molar-refractivity contribution is -0.141. The number of nitrogens with one attached hydrogen (secondary N) is 1. The highest BCUT2D eigenvalue weighted by atomic mass is 16.5. The fourth-order valence-electron chi connectivity index (χ4n) is 4.10. The van der Waals surface area contributed by atoms with Gasteiger partial charge in [-0.05, 0) is 24.0 Å². The molecule has 1 aliphatic heterocycles. The highest BCUT2D eigenvalue weighted by molar-refractivity contribution is 6.43. The van der Waals surface area contributed by atoms with E-state index in [1.54, 1.807) is 12.3 Å². The Hall–Kier alpha value is -3.09. The predicted octanol–water partition coefficient (Wildman–Crippen LogP) is -0.177. The van der Waals surface area contributed by atoms with Crippen molar-refractivity contribution in [1.82, 2.24) is 14.9 Å². The van der Waals surface area contributed by atoms with Crippen molar-refractivity contribution >= 4 is 19.0 Å². The van der Waals surface area contributed by atoms with Crippen LogP contribution in [0.1, 0.15) is 46.4 Å². The monoisotopic (exact) mass is 430 g/mol. The molecule has 31 heavy (non-hydrogen) atoms. The molecule has 2 aromatic rings. The van der Waals surface area contributed by atoms with E-state index in [0.717, 1.165) is 0 Å². The van der Waals surface area contributed by atoms with Crippen molar-refractivity contribution in [1.29, 1.82) is 0 Å². The highest BCUT2D eigenvalue weighted by Gasteiger charge is 2.42. The second kappa shape index (κ2) is 8.21. The number of carbonyl (C=O) groups is 2. The number of carboxylic acid groups (broad SMARTS) is 1. The molecule has 2 heterocycles. The zero-order valence-corrected chi connectivity index (χ0v) is 16.5. The normalized spacial score (nSPS) is 21.7. The summed E-state index contributed by atoms with van der Waals surface area (Å²) in [5.74, 6) is -2.92. The van der Waals surface area contributed by atoms with Crippen molar-refractivity contribution in [3.63, 3.8) is 0 Å². The van der Waals surface area contributed by atoms with Crippen LogP contribution in [0.15, 0.2) is 24.7 Å². The number of phenols is 1. The third kappa shape index (κ3) is 3.85. The first-order valence-corrected chi connectivity index (χ1v) is 9.93. The number of carboxylic acids is 1. The Balaban J connectivity index is 1.44. The molecule has 2 fully saturated rings. The summed E-state index contributed by atoms with van der Waals surface area (Å²) in [5, 5.41) is 39.1. The average Bonchev–Trinajstić information content (AvgIpc) is 3.18. The number of ether oxygens (including phenoxy) is 1. The smallest absolute Gasteiger partial charge is 0.455 e. The van der Waals surface area contributed by atoms with Gasteiger partial charge in [-0.25, -0.2) is 9.78 Å². The van der Waals surface area contributed by atoms with Crippen LogP contribution < -0.4 is 10.5 Å². The van der Waals surface area contributed by atoms with Crippen LogP contribution >= 0.6 is 0 Å². The number of hydrogen-bond donors (Lipinski definition) is 6.